The fraction of sp³-hybridized carbons (Fsp3) is 0.900. The van der Waals surface area contributed by atoms with Gasteiger partial charge in [-0.3, -0.25) is 0 Å². The minimum absolute atomic E-state index is 0.216. The molecule has 0 saturated heterocycles. The molecule has 0 N–H and O–H groups in total. The molecule has 2 nitrogen and oxygen atoms in total. The summed E-state index contributed by atoms with van der Waals surface area (Å²) in [6.07, 6.45) is 3.04. The fourth-order valence-electron chi connectivity index (χ4n) is 0.808. The van der Waals surface area contributed by atoms with E-state index in [0.717, 1.165) is 34.5 Å². The molecule has 0 aliphatic heterocycles. The van der Waals surface area contributed by atoms with E-state index in [1.165, 1.54) is 10.6 Å². The van der Waals surface area contributed by atoms with Gasteiger partial charge in [-0.05, 0) is 12.8 Å². The van der Waals surface area contributed by atoms with Crippen LogP contribution in [0.3, 0.4) is 0 Å². The number of aliphatic carboxylic acids is 1. The van der Waals surface area contributed by atoms with Crippen molar-refractivity contribution in [1.29, 1.82) is 0 Å². The van der Waals surface area contributed by atoms with Gasteiger partial charge in [0.25, 0.3) is 0 Å². The van der Waals surface area contributed by atoms with Gasteiger partial charge in [-0.25, -0.2) is 0 Å². The van der Waals surface area contributed by atoms with Crippen molar-refractivity contribution >= 4 is 21.2 Å². The molecule has 0 atom stereocenters. The van der Waals surface area contributed by atoms with Crippen molar-refractivity contribution in [3.05, 3.63) is 0 Å². The number of hydrogen-bond donors (Lipinski definition) is 0. The van der Waals surface area contributed by atoms with E-state index in [9.17, 15) is 9.90 Å². The monoisotopic (exact) mass is 200 g/mol. The molecule has 0 spiro atoms. The summed E-state index contributed by atoms with van der Waals surface area (Å²) in [5.41, 5.74) is 0. The average Bonchev–Trinajstić information content (AvgIpc) is 2.07. The van der Waals surface area contributed by atoms with E-state index in [1.54, 1.807) is 0 Å². The first-order chi connectivity index (χ1) is 6.18. The molecule has 0 fully saturated rings. The predicted molar refractivity (Wildman–Crippen MR) is 55.9 cm³/mol. The van der Waals surface area contributed by atoms with Gasteiger partial charge in [-0.15, -0.1) is 0 Å². The maximum atomic E-state index is 9.76. The van der Waals surface area contributed by atoms with Crippen LogP contribution in [0.2, 0.25) is 10.6 Å². The van der Waals surface area contributed by atoms with E-state index in [2.05, 4.69) is 13.8 Å². The van der Waals surface area contributed by atoms with Crippen molar-refractivity contribution in [3.8, 4) is 0 Å². The van der Waals surface area contributed by atoms with Crippen LogP contribution in [0.15, 0.2) is 0 Å². The zero-order valence-electron chi connectivity index (χ0n) is 9.14. The van der Waals surface area contributed by atoms with Gasteiger partial charge in [0.15, 0.2) is 0 Å². The first-order valence-corrected chi connectivity index (χ1v) is 6.83. The van der Waals surface area contributed by atoms with Gasteiger partial charge in [0.05, 0.1) is 0 Å². The number of carboxylic acids is 1. The molecule has 76 valence electrons. The van der Waals surface area contributed by atoms with Crippen molar-refractivity contribution < 1.29 is 9.90 Å². The van der Waals surface area contributed by atoms with Crippen LogP contribution in [-0.4, -0.2) is 21.2 Å². The number of unbranched alkanes of at least 4 members (excludes halogenated alkanes) is 2. The molecule has 0 aliphatic rings. The molecule has 0 unspecified atom stereocenters. The van der Waals surface area contributed by atoms with E-state index in [1.807, 2.05) is 6.92 Å². The van der Waals surface area contributed by atoms with Crippen LogP contribution in [-0.2, 0) is 4.79 Å². The zero-order valence-corrected chi connectivity index (χ0v) is 10.3. The van der Waals surface area contributed by atoms with Crippen LogP contribution in [0.5, 0.6) is 0 Å². The first-order valence-electron chi connectivity index (χ1n) is 5.20. The average molecular weight is 200 g/mol. The molecule has 0 aromatic carbocycles. The van der Waals surface area contributed by atoms with Gasteiger partial charge in [0, 0.05) is 5.97 Å². The van der Waals surface area contributed by atoms with Crippen molar-refractivity contribution in [1.82, 2.24) is 0 Å². The predicted octanol–water partition coefficient (Wildman–Crippen LogP) is 1.88. The molecule has 0 bridgehead atoms. The van der Waals surface area contributed by atoms with Gasteiger partial charge in [-0.1, -0.05) is 19.8 Å². The Hall–Kier alpha value is 0.00247. The normalized spacial score (nSPS) is 8.23. The summed E-state index contributed by atoms with van der Waals surface area (Å²) in [5, 5.41) is 12.6. The molecule has 0 aliphatic carbocycles. The van der Waals surface area contributed by atoms with Crippen LogP contribution in [0, 0.1) is 0 Å². The quantitative estimate of drug-likeness (QED) is 0.485. The zero-order chi connectivity index (χ0) is 10.5. The van der Waals surface area contributed by atoms with Gasteiger partial charge in [0.1, 0.15) is 0 Å². The Morgan fingerprint density at radius 3 is 1.92 bits per heavy atom. The second kappa shape index (κ2) is 14.5. The SMILES string of the molecule is CCCCCC(=O)[O-].C[CH2][Al+][CH2]C. The van der Waals surface area contributed by atoms with E-state index in [4.69, 9.17) is 0 Å². The van der Waals surface area contributed by atoms with Crippen molar-refractivity contribution in [2.45, 2.75) is 57.0 Å². The summed E-state index contributed by atoms with van der Waals surface area (Å²) >= 11 is 0.815. The maximum absolute atomic E-state index is 9.76. The molecule has 0 rings (SSSR count). The Morgan fingerprint density at radius 1 is 1.15 bits per heavy atom. The third kappa shape index (κ3) is 24.5. The summed E-state index contributed by atoms with van der Waals surface area (Å²) in [4.78, 5) is 9.76. The van der Waals surface area contributed by atoms with E-state index in [-0.39, 0.29) is 6.42 Å². The molecule has 0 aromatic rings. The third-order valence-electron chi connectivity index (χ3n) is 1.56. The fourth-order valence-corrected chi connectivity index (χ4v) is 1.39. The number of carboxylic acid groups (broad SMARTS) is 1. The first kappa shape index (κ1) is 15.5. The summed E-state index contributed by atoms with van der Waals surface area (Å²) in [6, 6.07) is 0. The summed E-state index contributed by atoms with van der Waals surface area (Å²) in [6.45, 7) is 6.53. The van der Waals surface area contributed by atoms with Crippen LogP contribution >= 0.6 is 0 Å². The van der Waals surface area contributed by atoms with Gasteiger partial charge in [-0.2, -0.15) is 0 Å². The molecule has 3 heteroatoms. The Morgan fingerprint density at radius 2 is 1.69 bits per heavy atom. The van der Waals surface area contributed by atoms with Crippen LogP contribution in [0.1, 0.15) is 46.5 Å². The Balaban J connectivity index is 0. The van der Waals surface area contributed by atoms with Gasteiger partial charge in [0.2, 0.25) is 0 Å². The van der Waals surface area contributed by atoms with Crippen LogP contribution in [0.25, 0.3) is 0 Å². The Bertz CT molecular complexity index is 103. The minimum atomic E-state index is -0.932. The van der Waals surface area contributed by atoms with Crippen LogP contribution < -0.4 is 5.11 Å². The number of rotatable bonds is 6. The Labute approximate surface area is 88.4 Å². The second-order valence-electron chi connectivity index (χ2n) is 2.93. The molecule has 0 heterocycles. The summed E-state index contributed by atoms with van der Waals surface area (Å²) in [5.74, 6) is -0.932. The topological polar surface area (TPSA) is 40.1 Å². The second-order valence-corrected chi connectivity index (χ2v) is 5.14. The van der Waals surface area contributed by atoms with Crippen LogP contribution in [0.4, 0.5) is 0 Å². The third-order valence-corrected chi connectivity index (χ3v) is 2.72. The molecule has 0 radical (unpaired) electrons. The summed E-state index contributed by atoms with van der Waals surface area (Å²) < 4.78 is 0. The number of hydrogen-bond acceptors (Lipinski definition) is 2. The number of carbonyl (C=O) groups is 1. The van der Waals surface area contributed by atoms with Crippen molar-refractivity contribution in [2.75, 3.05) is 0 Å². The molecule has 0 aromatic heterocycles. The van der Waals surface area contributed by atoms with E-state index < -0.39 is 5.97 Å². The van der Waals surface area contributed by atoms with Gasteiger partial charge >= 0.3 is 39.6 Å². The molecule has 13 heavy (non-hydrogen) atoms. The Kier molecular flexibility index (Phi) is 17.3. The van der Waals surface area contributed by atoms with Crippen molar-refractivity contribution in [2.24, 2.45) is 0 Å². The molecular formula is C10H21AlO2. The van der Waals surface area contributed by atoms with E-state index in [0.29, 0.717) is 0 Å². The summed E-state index contributed by atoms with van der Waals surface area (Å²) in [7, 11) is 0. The number of carbonyl (C=O) groups excluding carboxylic acids is 1. The van der Waals surface area contributed by atoms with Gasteiger partial charge < -0.3 is 9.90 Å². The molecule has 0 amide bonds. The molecule has 0 saturated carbocycles. The standard InChI is InChI=1S/C6H12O2.2C2H5.Al/c1-2-3-4-5-6(7)8;2*1-2;/h2-5H2,1H3,(H,7,8);2*1H2,2H3;/q;;;+1/p-1. The van der Waals surface area contributed by atoms with E-state index >= 15 is 0 Å². The van der Waals surface area contributed by atoms with Crippen molar-refractivity contribution in [3.63, 3.8) is 0 Å². The molecular weight excluding hydrogens is 179 g/mol.